The van der Waals surface area contributed by atoms with Crippen LogP contribution >= 0.6 is 0 Å². The average Bonchev–Trinajstić information content (AvgIpc) is 3.35. The van der Waals surface area contributed by atoms with Crippen molar-refractivity contribution in [1.82, 2.24) is 0 Å². The van der Waals surface area contributed by atoms with Gasteiger partial charge in [0.25, 0.3) is 0 Å². The van der Waals surface area contributed by atoms with E-state index in [1.807, 2.05) is 0 Å². The average molecular weight is 907 g/mol. The van der Waals surface area contributed by atoms with Crippen molar-refractivity contribution in [3.05, 3.63) is 204 Å². The van der Waals surface area contributed by atoms with Crippen molar-refractivity contribution >= 4 is 64.6 Å². The summed E-state index contributed by atoms with van der Waals surface area (Å²) in [7, 11) is 0. The van der Waals surface area contributed by atoms with Crippen LogP contribution in [0.4, 0.5) is 0 Å². The lowest BCUT2D eigenvalue weighted by Crippen LogP contribution is -2.16. The lowest BCUT2D eigenvalue weighted by molar-refractivity contribution is 0.568. The summed E-state index contributed by atoms with van der Waals surface area (Å²) < 4.78 is 0. The van der Waals surface area contributed by atoms with E-state index in [1.54, 1.807) is 0 Å². The second-order valence-corrected chi connectivity index (χ2v) is 24.4. The van der Waals surface area contributed by atoms with Crippen molar-refractivity contribution < 1.29 is 0 Å². The van der Waals surface area contributed by atoms with Gasteiger partial charge >= 0.3 is 0 Å². The molecule has 346 valence electrons. The van der Waals surface area contributed by atoms with E-state index in [0.717, 1.165) is 0 Å². The van der Waals surface area contributed by atoms with Gasteiger partial charge in [-0.05, 0) is 177 Å². The monoisotopic (exact) mass is 907 g/mol. The third kappa shape index (κ3) is 8.26. The van der Waals surface area contributed by atoms with E-state index in [-0.39, 0.29) is 21.7 Å². The standard InChI is InChI=1S/C70H66/c1-67(2,3)57-33-53(34-58(41-57)68(4,5)6)55-39-61-48-23-13-43(14-24-48)45-17-27-50(28-18-45)63-37-54-38-64(66(63)56-35-59(69(7,8)9)42-60(36-56)70(10,11)12)51-29-19-46(20-30-51)44-15-25-49(26-16-44)62(40-55)65(61)52-31-21-47(54)22-32-52/h13-42H,1-12H3. The van der Waals surface area contributed by atoms with E-state index >= 15 is 0 Å². The molecule has 0 spiro atoms. The fraction of sp³-hybridized carbons (Fsp3) is 0.229. The van der Waals surface area contributed by atoms with Crippen LogP contribution in [0.25, 0.3) is 109 Å². The maximum atomic E-state index is 2.47. The molecule has 9 aromatic rings. The molecule has 0 nitrogen and oxygen atoms in total. The predicted molar refractivity (Wildman–Crippen MR) is 308 cm³/mol. The summed E-state index contributed by atoms with van der Waals surface area (Å²) in [6.45, 7) is 28.0. The van der Waals surface area contributed by atoms with Crippen molar-refractivity contribution in [2.45, 2.75) is 105 Å². The highest BCUT2D eigenvalue weighted by Gasteiger charge is 2.24. The Morgan fingerprint density at radius 2 is 0.400 bits per heavy atom. The van der Waals surface area contributed by atoms with E-state index in [2.05, 4.69) is 265 Å². The van der Waals surface area contributed by atoms with E-state index in [1.165, 1.54) is 131 Å². The maximum absolute atomic E-state index is 2.47. The Labute approximate surface area is 416 Å². The number of hydrogen-bond acceptors (Lipinski definition) is 0. The Morgan fingerprint density at radius 1 is 0.186 bits per heavy atom. The molecule has 9 aromatic carbocycles. The summed E-state index contributed by atoms with van der Waals surface area (Å²) in [6, 6.07) is 71.3. The highest BCUT2D eigenvalue weighted by molar-refractivity contribution is 6.14. The molecule has 0 N–H and O–H groups in total. The topological polar surface area (TPSA) is 0 Å². The maximum Gasteiger partial charge on any atom is -0.00262 e. The van der Waals surface area contributed by atoms with Crippen molar-refractivity contribution in [1.29, 1.82) is 0 Å². The van der Waals surface area contributed by atoms with Gasteiger partial charge in [-0.1, -0.05) is 241 Å². The van der Waals surface area contributed by atoms with Crippen molar-refractivity contribution in [2.24, 2.45) is 0 Å². The molecule has 0 heterocycles. The Kier molecular flexibility index (Phi) is 10.6. The van der Waals surface area contributed by atoms with Crippen LogP contribution in [0.15, 0.2) is 182 Å². The Bertz CT molecular complexity index is 3580. The van der Waals surface area contributed by atoms with E-state index < -0.39 is 0 Å². The summed E-state index contributed by atoms with van der Waals surface area (Å²) >= 11 is 0. The quantitative estimate of drug-likeness (QED) is 0.162. The van der Waals surface area contributed by atoms with Gasteiger partial charge in [0.15, 0.2) is 0 Å². The molecule has 10 aliphatic carbocycles. The molecule has 0 saturated carbocycles. The van der Waals surface area contributed by atoms with Gasteiger partial charge in [0.2, 0.25) is 0 Å². The minimum absolute atomic E-state index is 0.0106. The normalized spacial score (nSPS) is 12.9. The van der Waals surface area contributed by atoms with E-state index in [9.17, 15) is 0 Å². The first-order valence-electron chi connectivity index (χ1n) is 25.4. The molecule has 0 saturated heterocycles. The number of benzene rings is 9. The van der Waals surface area contributed by atoms with Crippen LogP contribution in [0.5, 0.6) is 0 Å². The van der Waals surface area contributed by atoms with Crippen LogP contribution in [0.1, 0.15) is 105 Å². The van der Waals surface area contributed by atoms with Gasteiger partial charge in [-0.2, -0.15) is 0 Å². The number of fused-ring (bicyclic) bond motifs is 2. The smallest absolute Gasteiger partial charge is 0.00262 e. The molecule has 0 unspecified atom stereocenters. The first-order valence-corrected chi connectivity index (χ1v) is 25.4. The second kappa shape index (κ2) is 16.3. The van der Waals surface area contributed by atoms with Crippen LogP contribution in [0, 0.1) is 0 Å². The summed E-state index contributed by atoms with van der Waals surface area (Å²) in [5, 5.41) is 14.5. The van der Waals surface area contributed by atoms with Crippen LogP contribution in [0.3, 0.4) is 0 Å². The zero-order valence-corrected chi connectivity index (χ0v) is 43.3. The van der Waals surface area contributed by atoms with Gasteiger partial charge in [-0.15, -0.1) is 0 Å². The van der Waals surface area contributed by atoms with E-state index in [0.29, 0.717) is 0 Å². The van der Waals surface area contributed by atoms with Gasteiger partial charge < -0.3 is 0 Å². The van der Waals surface area contributed by atoms with Gasteiger partial charge in [-0.3, -0.25) is 0 Å². The highest BCUT2D eigenvalue weighted by Crippen LogP contribution is 2.45. The minimum Gasteiger partial charge on any atom is -0.0561 e. The minimum atomic E-state index is -0.0347. The van der Waals surface area contributed by atoms with Crippen LogP contribution in [-0.2, 0) is 21.7 Å². The molecule has 0 heteroatoms. The molecule has 0 aliphatic heterocycles. The number of hydrogen-bond donors (Lipinski definition) is 0. The molecule has 0 radical (unpaired) electrons. The SMILES string of the molecule is CC(C)(C)c1cc(-c2cc3c4c(c2)c2ccc(cc2)c2ccc(cc2)c2cc(cc(c2-c2cc(C(C)(C)C)cc(C(C)(C)C)c2)c2ccc(cc2)c2ccc3cc2)-c2ccc-4cc2)cc(C(C)(C)C)c1. The Hall–Kier alpha value is -7.02. The number of rotatable bonds is 2. The summed E-state index contributed by atoms with van der Waals surface area (Å²) in [5.41, 5.74) is 15.1. The second-order valence-electron chi connectivity index (χ2n) is 24.4. The molecule has 0 aromatic heterocycles. The zero-order chi connectivity index (χ0) is 49.1. The fourth-order valence-corrected chi connectivity index (χ4v) is 10.6. The molecule has 0 amide bonds. The predicted octanol–water partition coefficient (Wildman–Crippen LogP) is 20.5. The van der Waals surface area contributed by atoms with Crippen molar-refractivity contribution in [2.75, 3.05) is 0 Å². The zero-order valence-electron chi connectivity index (χ0n) is 43.3. The highest BCUT2D eigenvalue weighted by atomic mass is 14.3. The van der Waals surface area contributed by atoms with Crippen LogP contribution in [0.2, 0.25) is 0 Å². The van der Waals surface area contributed by atoms with Gasteiger partial charge in [-0.25, -0.2) is 0 Å². The molecule has 14 bridgehead atoms. The fourth-order valence-electron chi connectivity index (χ4n) is 10.6. The third-order valence-electron chi connectivity index (χ3n) is 15.2. The van der Waals surface area contributed by atoms with Gasteiger partial charge in [0.1, 0.15) is 0 Å². The Morgan fingerprint density at radius 3 is 0.686 bits per heavy atom. The molecule has 0 atom stereocenters. The molecule has 70 heavy (non-hydrogen) atoms. The van der Waals surface area contributed by atoms with Crippen LogP contribution < -0.4 is 0 Å². The largest absolute Gasteiger partial charge is 0.0561 e. The lowest BCUT2D eigenvalue weighted by atomic mass is 9.78. The molecule has 19 rings (SSSR count). The van der Waals surface area contributed by atoms with Gasteiger partial charge in [0.05, 0.1) is 0 Å². The molecular formula is C70H66. The van der Waals surface area contributed by atoms with Crippen molar-refractivity contribution in [3.63, 3.8) is 0 Å². The van der Waals surface area contributed by atoms with Crippen molar-refractivity contribution in [3.8, 4) is 44.5 Å². The summed E-state index contributed by atoms with van der Waals surface area (Å²) in [6.07, 6.45) is 0. The molecule has 0 fully saturated rings. The first kappa shape index (κ1) is 45.4. The van der Waals surface area contributed by atoms with E-state index in [4.69, 9.17) is 0 Å². The molecular weight excluding hydrogens is 841 g/mol. The third-order valence-corrected chi connectivity index (χ3v) is 15.2. The van der Waals surface area contributed by atoms with Gasteiger partial charge in [0, 0.05) is 0 Å². The summed E-state index contributed by atoms with van der Waals surface area (Å²) in [5.74, 6) is 0. The lowest BCUT2D eigenvalue weighted by Gasteiger charge is -2.27. The van der Waals surface area contributed by atoms with Crippen LogP contribution in [-0.4, -0.2) is 0 Å². The molecule has 10 aliphatic rings. The first-order chi connectivity index (χ1) is 33.2. The Balaban J connectivity index is 1.32. The summed E-state index contributed by atoms with van der Waals surface area (Å²) in [4.78, 5) is 0.